The van der Waals surface area contributed by atoms with Crippen molar-refractivity contribution in [1.29, 1.82) is 0 Å². The zero-order valence-corrected chi connectivity index (χ0v) is 15.6. The fourth-order valence-corrected chi connectivity index (χ4v) is 3.98. The summed E-state index contributed by atoms with van der Waals surface area (Å²) in [4.78, 5) is 2.43. The number of thiol groups is 1. The summed E-state index contributed by atoms with van der Waals surface area (Å²) in [5, 5.41) is 0.860. The number of benzene rings is 1. The zero-order valence-electron chi connectivity index (χ0n) is 13.9. The highest BCUT2D eigenvalue weighted by atomic mass is 35.5. The third kappa shape index (κ3) is 5.19. The van der Waals surface area contributed by atoms with E-state index in [1.807, 2.05) is 12.1 Å². The van der Waals surface area contributed by atoms with Crippen LogP contribution in [0.25, 0.3) is 0 Å². The molecule has 21 heavy (non-hydrogen) atoms. The van der Waals surface area contributed by atoms with Crippen LogP contribution in [0.2, 0.25) is 5.02 Å². The molecule has 1 nitrogen and oxygen atoms in total. The molecule has 0 radical (unpaired) electrons. The van der Waals surface area contributed by atoms with E-state index in [0.717, 1.165) is 17.3 Å². The Balaban J connectivity index is 2.86. The second-order valence-corrected chi connectivity index (χ2v) is 6.99. The molecule has 120 valence electrons. The molecule has 1 atom stereocenters. The minimum atomic E-state index is 0.316. The number of hydrogen-bond acceptors (Lipinski definition) is 2. The third-order valence-electron chi connectivity index (χ3n) is 4.50. The predicted molar refractivity (Wildman–Crippen MR) is 98.6 cm³/mol. The second-order valence-electron chi connectivity index (χ2n) is 6.27. The molecule has 1 aromatic carbocycles. The van der Waals surface area contributed by atoms with E-state index in [9.17, 15) is 0 Å². The average molecular weight is 328 g/mol. The van der Waals surface area contributed by atoms with Gasteiger partial charge < -0.3 is 0 Å². The van der Waals surface area contributed by atoms with Crippen molar-refractivity contribution < 1.29 is 0 Å². The normalized spacial score (nSPS) is 13.7. The van der Waals surface area contributed by atoms with Gasteiger partial charge in [-0.25, -0.2) is 0 Å². The molecule has 0 aliphatic rings. The maximum atomic E-state index is 6.35. The largest absolute Gasteiger partial charge is 0.299 e. The molecule has 0 spiro atoms. The lowest BCUT2D eigenvalue weighted by molar-refractivity contribution is 0.139. The van der Waals surface area contributed by atoms with Gasteiger partial charge in [0.2, 0.25) is 0 Å². The van der Waals surface area contributed by atoms with Gasteiger partial charge in [-0.05, 0) is 49.6 Å². The summed E-state index contributed by atoms with van der Waals surface area (Å²) < 4.78 is 0. The molecule has 0 amide bonds. The van der Waals surface area contributed by atoms with Gasteiger partial charge in [0.1, 0.15) is 0 Å². The molecular weight excluding hydrogens is 298 g/mol. The SMILES string of the molecule is CCCC(CS)(CCC)CN(C)C(C)c1ccccc1Cl. The highest BCUT2D eigenvalue weighted by Crippen LogP contribution is 2.35. The Morgan fingerprint density at radius 1 is 1.19 bits per heavy atom. The fourth-order valence-electron chi connectivity index (χ4n) is 3.27. The molecule has 0 aliphatic carbocycles. The number of rotatable bonds is 9. The smallest absolute Gasteiger partial charge is 0.0453 e. The summed E-state index contributed by atoms with van der Waals surface area (Å²) in [6.07, 6.45) is 4.91. The van der Waals surface area contributed by atoms with Crippen molar-refractivity contribution in [2.75, 3.05) is 19.3 Å². The molecule has 0 aromatic heterocycles. The first-order valence-corrected chi connectivity index (χ1v) is 9.06. The van der Waals surface area contributed by atoms with Crippen LogP contribution >= 0.6 is 24.2 Å². The van der Waals surface area contributed by atoms with E-state index in [4.69, 9.17) is 11.6 Å². The van der Waals surface area contributed by atoms with E-state index >= 15 is 0 Å². The minimum absolute atomic E-state index is 0.316. The summed E-state index contributed by atoms with van der Waals surface area (Å²) in [6.45, 7) is 7.85. The van der Waals surface area contributed by atoms with Gasteiger partial charge in [-0.15, -0.1) is 0 Å². The van der Waals surface area contributed by atoms with Gasteiger partial charge in [0.15, 0.2) is 0 Å². The van der Waals surface area contributed by atoms with Gasteiger partial charge in [-0.1, -0.05) is 56.5 Å². The first kappa shape index (κ1) is 18.9. The standard InChI is InChI=1S/C18H30ClNS/c1-5-11-18(14-21,12-6-2)13-20(4)15(3)16-9-7-8-10-17(16)19/h7-10,15,21H,5-6,11-14H2,1-4H3. The molecule has 0 bridgehead atoms. The highest BCUT2D eigenvalue weighted by Gasteiger charge is 2.30. The molecule has 0 fully saturated rings. The van der Waals surface area contributed by atoms with Crippen molar-refractivity contribution in [2.45, 2.75) is 52.5 Å². The zero-order chi connectivity index (χ0) is 15.9. The Morgan fingerprint density at radius 2 is 1.76 bits per heavy atom. The van der Waals surface area contributed by atoms with Crippen molar-refractivity contribution in [3.63, 3.8) is 0 Å². The van der Waals surface area contributed by atoms with Crippen molar-refractivity contribution in [2.24, 2.45) is 5.41 Å². The molecule has 0 aliphatic heterocycles. The topological polar surface area (TPSA) is 3.24 Å². The molecule has 1 aromatic rings. The van der Waals surface area contributed by atoms with Crippen LogP contribution in [0, 0.1) is 5.41 Å². The fraction of sp³-hybridized carbons (Fsp3) is 0.667. The molecule has 3 heteroatoms. The van der Waals surface area contributed by atoms with Crippen LogP contribution in [0.5, 0.6) is 0 Å². The van der Waals surface area contributed by atoms with Gasteiger partial charge in [0.25, 0.3) is 0 Å². The predicted octanol–water partition coefficient (Wildman–Crippen LogP) is 5.85. The van der Waals surface area contributed by atoms with Crippen LogP contribution in [-0.2, 0) is 0 Å². The Bertz CT molecular complexity index is 415. The van der Waals surface area contributed by atoms with Crippen molar-refractivity contribution in [3.05, 3.63) is 34.9 Å². The van der Waals surface area contributed by atoms with E-state index < -0.39 is 0 Å². The number of nitrogens with zero attached hydrogens (tertiary/aromatic N) is 1. The quantitative estimate of drug-likeness (QED) is 0.557. The van der Waals surface area contributed by atoms with Crippen molar-refractivity contribution in [1.82, 2.24) is 4.90 Å². The Hall–Kier alpha value is -0.180. The maximum Gasteiger partial charge on any atom is 0.0453 e. The summed E-state index contributed by atoms with van der Waals surface area (Å²) in [5.41, 5.74) is 1.53. The van der Waals surface area contributed by atoms with Crippen LogP contribution in [0.4, 0.5) is 0 Å². The lowest BCUT2D eigenvalue weighted by atomic mass is 9.80. The minimum Gasteiger partial charge on any atom is -0.299 e. The van der Waals surface area contributed by atoms with Crippen LogP contribution in [0.15, 0.2) is 24.3 Å². The molecule has 0 N–H and O–H groups in total. The molecule has 1 rings (SSSR count). The highest BCUT2D eigenvalue weighted by molar-refractivity contribution is 7.80. The third-order valence-corrected chi connectivity index (χ3v) is 5.51. The van der Waals surface area contributed by atoms with Gasteiger partial charge in [0, 0.05) is 17.6 Å². The van der Waals surface area contributed by atoms with E-state index in [1.165, 1.54) is 31.2 Å². The van der Waals surface area contributed by atoms with Crippen molar-refractivity contribution >= 4 is 24.2 Å². The van der Waals surface area contributed by atoms with E-state index in [2.05, 4.69) is 57.5 Å². The summed E-state index contributed by atoms with van der Waals surface area (Å²) in [6, 6.07) is 8.49. The Morgan fingerprint density at radius 3 is 2.24 bits per heavy atom. The Kier molecular flexibility index (Phi) is 8.15. The number of halogens is 1. The summed E-state index contributed by atoms with van der Waals surface area (Å²) in [5.74, 6) is 0.953. The first-order valence-electron chi connectivity index (χ1n) is 8.05. The van der Waals surface area contributed by atoms with Crippen LogP contribution in [0.3, 0.4) is 0 Å². The monoisotopic (exact) mass is 327 g/mol. The van der Waals surface area contributed by atoms with Crippen molar-refractivity contribution in [3.8, 4) is 0 Å². The van der Waals surface area contributed by atoms with Gasteiger partial charge in [0.05, 0.1) is 0 Å². The molecule has 0 heterocycles. The molecule has 0 saturated carbocycles. The van der Waals surface area contributed by atoms with Crippen LogP contribution < -0.4 is 0 Å². The van der Waals surface area contributed by atoms with Gasteiger partial charge >= 0.3 is 0 Å². The van der Waals surface area contributed by atoms with E-state index in [-0.39, 0.29) is 0 Å². The lowest BCUT2D eigenvalue weighted by Gasteiger charge is -2.38. The average Bonchev–Trinajstić information content (AvgIpc) is 2.47. The van der Waals surface area contributed by atoms with Gasteiger partial charge in [-0.2, -0.15) is 12.6 Å². The molecule has 1 unspecified atom stereocenters. The lowest BCUT2D eigenvalue weighted by Crippen LogP contribution is -2.38. The number of hydrogen-bond donors (Lipinski definition) is 1. The molecule has 0 saturated heterocycles. The summed E-state index contributed by atoms with van der Waals surface area (Å²) >= 11 is 11.0. The molecular formula is C18H30ClNS. The van der Waals surface area contributed by atoms with Crippen LogP contribution in [-0.4, -0.2) is 24.2 Å². The van der Waals surface area contributed by atoms with Gasteiger partial charge in [-0.3, -0.25) is 4.90 Å². The van der Waals surface area contributed by atoms with E-state index in [1.54, 1.807) is 0 Å². The Labute approximate surface area is 141 Å². The summed E-state index contributed by atoms with van der Waals surface area (Å²) in [7, 11) is 2.21. The second kappa shape index (κ2) is 9.07. The van der Waals surface area contributed by atoms with Crippen LogP contribution in [0.1, 0.15) is 58.1 Å². The first-order chi connectivity index (χ1) is 9.99. The maximum absolute atomic E-state index is 6.35. The van der Waals surface area contributed by atoms with E-state index in [0.29, 0.717) is 11.5 Å².